The van der Waals surface area contributed by atoms with E-state index in [0.29, 0.717) is 4.47 Å². The number of hydrogen-bond acceptors (Lipinski definition) is 1. The number of alkyl halides is 3. The molecule has 0 spiro atoms. The van der Waals surface area contributed by atoms with Crippen molar-refractivity contribution in [1.82, 2.24) is 0 Å². The van der Waals surface area contributed by atoms with Crippen molar-refractivity contribution in [3.05, 3.63) is 56.5 Å². The van der Waals surface area contributed by atoms with Gasteiger partial charge in [-0.3, -0.25) is 0 Å². The van der Waals surface area contributed by atoms with Gasteiger partial charge >= 0.3 is 6.18 Å². The van der Waals surface area contributed by atoms with E-state index in [-0.39, 0.29) is 4.47 Å². The standard InChI is InChI=1S/C13H5Br2F5O/c14-6-1-2-8(13(18,19)20)10(4-6)21-11-5-7(15)3-9(16)12(11)17/h1-5H. The van der Waals surface area contributed by atoms with E-state index < -0.39 is 34.9 Å². The summed E-state index contributed by atoms with van der Waals surface area (Å²) in [5, 5.41) is 0. The van der Waals surface area contributed by atoms with Gasteiger partial charge in [-0.25, -0.2) is 4.39 Å². The number of hydrogen-bond donors (Lipinski definition) is 0. The number of ether oxygens (including phenoxy) is 1. The average Bonchev–Trinajstić information content (AvgIpc) is 2.34. The SMILES string of the molecule is Fc1cc(Br)cc(Oc2cc(Br)ccc2C(F)(F)F)c1F. The number of halogens is 7. The summed E-state index contributed by atoms with van der Waals surface area (Å²) < 4.78 is 70.8. The van der Waals surface area contributed by atoms with Gasteiger partial charge in [0.05, 0.1) is 5.56 Å². The Bertz CT molecular complexity index is 685. The molecule has 0 amide bonds. The monoisotopic (exact) mass is 430 g/mol. The fourth-order valence-electron chi connectivity index (χ4n) is 1.54. The van der Waals surface area contributed by atoms with Gasteiger partial charge < -0.3 is 4.74 Å². The third-order valence-corrected chi connectivity index (χ3v) is 3.38. The topological polar surface area (TPSA) is 9.23 Å². The highest BCUT2D eigenvalue weighted by molar-refractivity contribution is 9.10. The molecule has 0 saturated heterocycles. The van der Waals surface area contributed by atoms with Crippen LogP contribution in [0.15, 0.2) is 39.3 Å². The maximum atomic E-state index is 13.6. The van der Waals surface area contributed by atoms with Gasteiger partial charge in [-0.2, -0.15) is 17.6 Å². The van der Waals surface area contributed by atoms with Crippen LogP contribution in [0.4, 0.5) is 22.0 Å². The fourth-order valence-corrected chi connectivity index (χ4v) is 2.29. The van der Waals surface area contributed by atoms with E-state index in [1.165, 1.54) is 6.07 Å². The van der Waals surface area contributed by atoms with Crippen LogP contribution in [-0.2, 0) is 6.18 Å². The summed E-state index contributed by atoms with van der Waals surface area (Å²) >= 11 is 5.91. The van der Waals surface area contributed by atoms with E-state index in [4.69, 9.17) is 4.74 Å². The van der Waals surface area contributed by atoms with Crippen LogP contribution in [0, 0.1) is 11.6 Å². The predicted molar refractivity (Wildman–Crippen MR) is 73.3 cm³/mol. The van der Waals surface area contributed by atoms with Crippen molar-refractivity contribution in [3.8, 4) is 11.5 Å². The van der Waals surface area contributed by atoms with Crippen molar-refractivity contribution in [1.29, 1.82) is 0 Å². The fraction of sp³-hybridized carbons (Fsp3) is 0.0769. The Morgan fingerprint density at radius 2 is 1.48 bits per heavy atom. The lowest BCUT2D eigenvalue weighted by molar-refractivity contribution is -0.138. The molecule has 0 unspecified atom stereocenters. The lowest BCUT2D eigenvalue weighted by Crippen LogP contribution is -2.07. The molecular formula is C13H5Br2F5O. The molecule has 2 rings (SSSR count). The van der Waals surface area contributed by atoms with Gasteiger partial charge in [-0.1, -0.05) is 31.9 Å². The molecule has 8 heteroatoms. The molecule has 0 bridgehead atoms. The van der Waals surface area contributed by atoms with Gasteiger partial charge in [0.25, 0.3) is 0 Å². The minimum Gasteiger partial charge on any atom is -0.453 e. The Morgan fingerprint density at radius 3 is 2.10 bits per heavy atom. The molecule has 2 aromatic rings. The first-order chi connectivity index (χ1) is 9.68. The zero-order chi connectivity index (χ0) is 15.8. The smallest absolute Gasteiger partial charge is 0.419 e. The van der Waals surface area contributed by atoms with Crippen molar-refractivity contribution in [2.45, 2.75) is 6.18 Å². The number of rotatable bonds is 2. The largest absolute Gasteiger partial charge is 0.453 e. The Labute approximate surface area is 133 Å². The quantitative estimate of drug-likeness (QED) is 0.400. The van der Waals surface area contributed by atoms with E-state index in [2.05, 4.69) is 31.9 Å². The molecule has 2 aromatic carbocycles. The zero-order valence-corrected chi connectivity index (χ0v) is 13.1. The van der Waals surface area contributed by atoms with Crippen molar-refractivity contribution < 1.29 is 26.7 Å². The summed E-state index contributed by atoms with van der Waals surface area (Å²) in [7, 11) is 0. The van der Waals surface area contributed by atoms with E-state index >= 15 is 0 Å². The number of benzene rings is 2. The average molecular weight is 432 g/mol. The van der Waals surface area contributed by atoms with Crippen LogP contribution in [-0.4, -0.2) is 0 Å². The summed E-state index contributed by atoms with van der Waals surface area (Å²) in [6.45, 7) is 0. The summed E-state index contributed by atoms with van der Waals surface area (Å²) in [6.07, 6.45) is -4.68. The van der Waals surface area contributed by atoms with E-state index in [9.17, 15) is 22.0 Å². The maximum absolute atomic E-state index is 13.6. The molecule has 0 heterocycles. The van der Waals surface area contributed by atoms with Gasteiger partial charge in [-0.15, -0.1) is 0 Å². The van der Waals surface area contributed by atoms with Crippen molar-refractivity contribution in [3.63, 3.8) is 0 Å². The molecule has 0 aliphatic carbocycles. The van der Waals surface area contributed by atoms with Crippen LogP contribution in [0.1, 0.15) is 5.56 Å². The molecule has 0 aliphatic heterocycles. The van der Waals surface area contributed by atoms with Crippen LogP contribution in [0.25, 0.3) is 0 Å². The molecule has 21 heavy (non-hydrogen) atoms. The second kappa shape index (κ2) is 5.92. The molecule has 0 fully saturated rings. The van der Waals surface area contributed by atoms with E-state index in [0.717, 1.165) is 24.3 Å². The molecular weight excluding hydrogens is 427 g/mol. The first-order valence-corrected chi connectivity index (χ1v) is 6.96. The van der Waals surface area contributed by atoms with Crippen molar-refractivity contribution >= 4 is 31.9 Å². The molecule has 0 atom stereocenters. The van der Waals surface area contributed by atoms with Crippen LogP contribution in [0.5, 0.6) is 11.5 Å². The van der Waals surface area contributed by atoms with Gasteiger partial charge in [0, 0.05) is 8.95 Å². The van der Waals surface area contributed by atoms with Gasteiger partial charge in [0.15, 0.2) is 11.6 Å². The summed E-state index contributed by atoms with van der Waals surface area (Å²) in [5.41, 5.74) is -1.09. The molecule has 0 N–H and O–H groups in total. The Balaban J connectivity index is 2.52. The van der Waals surface area contributed by atoms with Crippen LogP contribution < -0.4 is 4.74 Å². The summed E-state index contributed by atoms with van der Waals surface area (Å²) in [4.78, 5) is 0. The Hall–Kier alpha value is -1.15. The van der Waals surface area contributed by atoms with E-state index in [1.807, 2.05) is 0 Å². The summed E-state index contributed by atoms with van der Waals surface area (Å²) in [5.74, 6) is -3.88. The highest BCUT2D eigenvalue weighted by atomic mass is 79.9. The molecule has 1 nitrogen and oxygen atoms in total. The van der Waals surface area contributed by atoms with Gasteiger partial charge in [0.2, 0.25) is 5.82 Å². The molecule has 0 aliphatic rings. The zero-order valence-electron chi connectivity index (χ0n) is 9.94. The van der Waals surface area contributed by atoms with Crippen molar-refractivity contribution in [2.75, 3.05) is 0 Å². The predicted octanol–water partition coefficient (Wildman–Crippen LogP) is 6.30. The minimum atomic E-state index is -4.68. The maximum Gasteiger partial charge on any atom is 0.419 e. The first-order valence-electron chi connectivity index (χ1n) is 5.37. The second-order valence-electron chi connectivity index (χ2n) is 3.94. The first kappa shape index (κ1) is 16.2. The van der Waals surface area contributed by atoms with E-state index in [1.54, 1.807) is 0 Å². The molecule has 0 aromatic heterocycles. The lowest BCUT2D eigenvalue weighted by atomic mass is 10.2. The highest BCUT2D eigenvalue weighted by Crippen LogP contribution is 2.40. The third kappa shape index (κ3) is 3.74. The van der Waals surface area contributed by atoms with Crippen LogP contribution in [0.3, 0.4) is 0 Å². The Morgan fingerprint density at radius 1 is 0.857 bits per heavy atom. The second-order valence-corrected chi connectivity index (χ2v) is 5.77. The van der Waals surface area contributed by atoms with Gasteiger partial charge in [-0.05, 0) is 30.3 Å². The normalized spacial score (nSPS) is 11.6. The molecule has 0 radical (unpaired) electrons. The summed E-state index contributed by atoms with van der Waals surface area (Å²) in [6, 6.07) is 4.87. The third-order valence-electron chi connectivity index (χ3n) is 2.43. The van der Waals surface area contributed by atoms with Crippen LogP contribution >= 0.6 is 31.9 Å². The van der Waals surface area contributed by atoms with Gasteiger partial charge in [0.1, 0.15) is 5.75 Å². The van der Waals surface area contributed by atoms with Crippen LogP contribution in [0.2, 0.25) is 0 Å². The molecule has 112 valence electrons. The minimum absolute atomic E-state index is 0.139. The molecule has 0 saturated carbocycles. The highest BCUT2D eigenvalue weighted by Gasteiger charge is 2.35. The Kier molecular flexibility index (Phi) is 4.57. The lowest BCUT2D eigenvalue weighted by Gasteiger charge is -2.14. The van der Waals surface area contributed by atoms with Crippen molar-refractivity contribution in [2.24, 2.45) is 0 Å².